The van der Waals surface area contributed by atoms with E-state index in [2.05, 4.69) is 74.7 Å². The van der Waals surface area contributed by atoms with Crippen molar-refractivity contribution in [3.63, 3.8) is 0 Å². The van der Waals surface area contributed by atoms with Gasteiger partial charge in [0.1, 0.15) is 5.75 Å². The van der Waals surface area contributed by atoms with Gasteiger partial charge in [-0.15, -0.1) is 0 Å². The van der Waals surface area contributed by atoms with E-state index in [0.29, 0.717) is 24.5 Å². The fraction of sp³-hybridized carbons (Fsp3) is 0.657. The van der Waals surface area contributed by atoms with Crippen LogP contribution < -0.4 is 4.74 Å². The molecule has 1 aliphatic rings. The molecule has 0 spiro atoms. The first-order chi connectivity index (χ1) is 20.7. The molecule has 5 atom stereocenters. The normalized spacial score (nSPS) is 23.6. The Kier molecular flexibility index (Phi) is 12.4. The maximum atomic E-state index is 13.4. The van der Waals surface area contributed by atoms with Gasteiger partial charge in [0.2, 0.25) is 0 Å². The Morgan fingerprint density at radius 2 is 1.38 bits per heavy atom. The average molecular weight is 679 g/mol. The number of rotatable bonds is 13. The Bertz CT molecular complexity index is 1320. The minimum absolute atomic E-state index is 0.0472. The minimum Gasteiger partial charge on any atom is -0.497 e. The fourth-order valence-electron chi connectivity index (χ4n) is 4.92. The van der Waals surface area contributed by atoms with Gasteiger partial charge < -0.3 is 23.1 Å². The molecular formula is C35H58O7SSi2. The maximum absolute atomic E-state index is 13.4. The van der Waals surface area contributed by atoms with Crippen LogP contribution in [-0.2, 0) is 34.8 Å². The van der Waals surface area contributed by atoms with Crippen molar-refractivity contribution >= 4 is 26.5 Å². The quantitative estimate of drug-likeness (QED) is 0.197. The number of hydrogen-bond acceptors (Lipinski definition) is 7. The Hall–Kier alpha value is -1.54. The monoisotopic (exact) mass is 678 g/mol. The summed E-state index contributed by atoms with van der Waals surface area (Å²) >= 11 is 0. The first-order valence-corrected chi connectivity index (χ1v) is 23.6. The molecule has 45 heavy (non-hydrogen) atoms. The highest BCUT2D eigenvalue weighted by molar-refractivity contribution is 7.91. The number of hydrogen-bond donors (Lipinski definition) is 0. The summed E-state index contributed by atoms with van der Waals surface area (Å²) in [6.45, 7) is 25.2. The van der Waals surface area contributed by atoms with Gasteiger partial charge in [0.05, 0.1) is 55.4 Å². The van der Waals surface area contributed by atoms with Crippen molar-refractivity contribution in [1.29, 1.82) is 0 Å². The van der Waals surface area contributed by atoms with Crippen LogP contribution in [0.5, 0.6) is 5.75 Å². The smallest absolute Gasteiger partial charge is 0.192 e. The molecule has 0 unspecified atom stereocenters. The number of methoxy groups -OCH3 is 1. The summed E-state index contributed by atoms with van der Waals surface area (Å²) in [7, 11) is -6.25. The van der Waals surface area contributed by atoms with Gasteiger partial charge in [-0.25, -0.2) is 8.42 Å². The van der Waals surface area contributed by atoms with E-state index in [0.717, 1.165) is 11.3 Å². The predicted molar refractivity (Wildman–Crippen MR) is 188 cm³/mol. The zero-order valence-electron chi connectivity index (χ0n) is 29.7. The molecule has 0 aliphatic carbocycles. The number of benzene rings is 2. The predicted octanol–water partition coefficient (Wildman–Crippen LogP) is 8.26. The lowest BCUT2D eigenvalue weighted by atomic mass is 9.87. The van der Waals surface area contributed by atoms with E-state index < -0.39 is 38.7 Å². The zero-order chi connectivity index (χ0) is 33.8. The van der Waals surface area contributed by atoms with Crippen LogP contribution in [0.15, 0.2) is 59.5 Å². The van der Waals surface area contributed by atoms with Gasteiger partial charge in [-0.1, -0.05) is 78.8 Å². The fourth-order valence-corrected chi connectivity index (χ4v) is 8.60. The van der Waals surface area contributed by atoms with E-state index >= 15 is 0 Å². The van der Waals surface area contributed by atoms with Crippen molar-refractivity contribution in [2.45, 2.75) is 127 Å². The molecule has 1 saturated heterocycles. The highest BCUT2D eigenvalue weighted by atomic mass is 32.2. The molecule has 1 aliphatic heterocycles. The Labute approximate surface area is 275 Å². The van der Waals surface area contributed by atoms with E-state index in [1.165, 1.54) is 0 Å². The van der Waals surface area contributed by atoms with E-state index in [9.17, 15) is 8.42 Å². The van der Waals surface area contributed by atoms with Crippen molar-refractivity contribution < 1.29 is 31.5 Å². The molecule has 0 aromatic heterocycles. The lowest BCUT2D eigenvalue weighted by molar-refractivity contribution is -0.215. The van der Waals surface area contributed by atoms with Crippen LogP contribution in [0.25, 0.3) is 0 Å². The third kappa shape index (κ3) is 9.75. The SMILES string of the molecule is COc1ccc(CO[C@@H]2[C@@H](C)[C@@H](CO[Si](C)(C)C(C)(C)C)O[C@H](CCS(=O)(=O)c3ccccc3)[C@H]2O[Si](C)(C)C(C)(C)C)cc1. The molecule has 7 nitrogen and oxygen atoms in total. The van der Waals surface area contributed by atoms with Crippen LogP contribution in [0, 0.1) is 5.92 Å². The van der Waals surface area contributed by atoms with E-state index in [4.69, 9.17) is 23.1 Å². The van der Waals surface area contributed by atoms with Gasteiger partial charge in [-0.3, -0.25) is 0 Å². The molecule has 254 valence electrons. The molecule has 0 amide bonds. The summed E-state index contributed by atoms with van der Waals surface area (Å²) in [5, 5.41) is -0.00789. The van der Waals surface area contributed by atoms with Crippen LogP contribution in [-0.4, -0.2) is 68.9 Å². The number of ether oxygens (including phenoxy) is 3. The van der Waals surface area contributed by atoms with Gasteiger partial charge in [-0.05, 0) is 72.5 Å². The molecule has 0 N–H and O–H groups in total. The first kappa shape index (κ1) is 37.9. The third-order valence-corrected chi connectivity index (χ3v) is 20.9. The van der Waals surface area contributed by atoms with E-state index in [1.807, 2.05) is 30.3 Å². The largest absolute Gasteiger partial charge is 0.497 e. The zero-order valence-corrected chi connectivity index (χ0v) is 32.5. The molecule has 1 heterocycles. The lowest BCUT2D eigenvalue weighted by Crippen LogP contribution is -2.61. The highest BCUT2D eigenvalue weighted by Gasteiger charge is 2.50. The average Bonchev–Trinajstić information content (AvgIpc) is 2.95. The van der Waals surface area contributed by atoms with Gasteiger partial charge in [-0.2, -0.15) is 0 Å². The Morgan fingerprint density at radius 3 is 1.91 bits per heavy atom. The Balaban J connectivity index is 1.99. The van der Waals surface area contributed by atoms with Crippen molar-refractivity contribution in [3.05, 3.63) is 60.2 Å². The second-order valence-corrected chi connectivity index (χ2v) is 27.2. The van der Waals surface area contributed by atoms with Crippen molar-refractivity contribution in [2.24, 2.45) is 5.92 Å². The highest BCUT2D eigenvalue weighted by Crippen LogP contribution is 2.43. The lowest BCUT2D eigenvalue weighted by Gasteiger charge is -2.50. The van der Waals surface area contributed by atoms with Crippen molar-refractivity contribution in [1.82, 2.24) is 0 Å². The molecule has 2 aromatic rings. The second-order valence-electron chi connectivity index (χ2n) is 15.5. The first-order valence-electron chi connectivity index (χ1n) is 16.2. The molecule has 3 rings (SSSR count). The summed E-state index contributed by atoms with van der Waals surface area (Å²) in [5.41, 5.74) is 1.03. The van der Waals surface area contributed by atoms with Crippen LogP contribution in [0.1, 0.15) is 60.5 Å². The molecular weight excluding hydrogens is 621 g/mol. The van der Waals surface area contributed by atoms with Crippen LogP contribution in [0.2, 0.25) is 36.3 Å². The molecule has 0 bridgehead atoms. The van der Waals surface area contributed by atoms with Gasteiger partial charge in [0.25, 0.3) is 0 Å². The summed E-state index contributed by atoms with van der Waals surface area (Å²) in [6, 6.07) is 16.5. The van der Waals surface area contributed by atoms with Gasteiger partial charge in [0, 0.05) is 5.92 Å². The maximum Gasteiger partial charge on any atom is 0.192 e. The Morgan fingerprint density at radius 1 is 0.800 bits per heavy atom. The topological polar surface area (TPSA) is 80.3 Å². The van der Waals surface area contributed by atoms with Gasteiger partial charge in [0.15, 0.2) is 26.5 Å². The van der Waals surface area contributed by atoms with E-state index in [1.54, 1.807) is 31.4 Å². The summed E-state index contributed by atoms with van der Waals surface area (Å²) in [4.78, 5) is 0.321. The third-order valence-electron chi connectivity index (χ3n) is 10.2. The van der Waals surface area contributed by atoms with Crippen molar-refractivity contribution in [2.75, 3.05) is 19.5 Å². The summed E-state index contributed by atoms with van der Waals surface area (Å²) in [6.07, 6.45) is -1.23. The summed E-state index contributed by atoms with van der Waals surface area (Å²) in [5.74, 6) is 0.693. The minimum atomic E-state index is -3.52. The van der Waals surface area contributed by atoms with Crippen molar-refractivity contribution in [3.8, 4) is 5.75 Å². The molecule has 2 aromatic carbocycles. The molecule has 0 saturated carbocycles. The van der Waals surface area contributed by atoms with Crippen LogP contribution >= 0.6 is 0 Å². The number of sulfone groups is 1. The van der Waals surface area contributed by atoms with Gasteiger partial charge >= 0.3 is 0 Å². The molecule has 10 heteroatoms. The summed E-state index contributed by atoms with van der Waals surface area (Å²) < 4.78 is 59.7. The molecule has 0 radical (unpaired) electrons. The van der Waals surface area contributed by atoms with Crippen LogP contribution in [0.4, 0.5) is 0 Å². The second kappa shape index (κ2) is 14.7. The standard InChI is InChI=1S/C35H58O7SSi2/c1-26-31(25-40-44(9,10)34(2,3)4)41-30(22-23-43(36,37)29-16-14-13-15-17-29)33(42-45(11,12)35(5,6)7)32(26)39-24-27-18-20-28(38-8)21-19-27/h13-21,26,30-33H,22-25H2,1-12H3/t26-,30+,31+,32+,33+/m0/s1. The molecule has 1 fully saturated rings. The van der Waals surface area contributed by atoms with Crippen LogP contribution in [0.3, 0.4) is 0 Å². The van der Waals surface area contributed by atoms with E-state index in [-0.39, 0.29) is 34.0 Å².